The molecule has 6 bridgehead atoms. The first kappa shape index (κ1) is 55.0. The van der Waals surface area contributed by atoms with Gasteiger partial charge in [0.05, 0.1) is 54.1 Å². The van der Waals surface area contributed by atoms with Crippen LogP contribution in [0.5, 0.6) is 46.0 Å². The van der Waals surface area contributed by atoms with E-state index in [2.05, 4.69) is 73.6 Å². The van der Waals surface area contributed by atoms with Crippen molar-refractivity contribution in [1.82, 2.24) is 4.90 Å². The van der Waals surface area contributed by atoms with Gasteiger partial charge < -0.3 is 42.8 Å². The van der Waals surface area contributed by atoms with Crippen LogP contribution in [-0.2, 0) is 30.5 Å². The molecule has 10 nitrogen and oxygen atoms in total. The predicted molar refractivity (Wildman–Crippen MR) is 280 cm³/mol. The zero-order valence-electron chi connectivity index (χ0n) is 41.7. The number of nitrogens with zero attached hydrogens (tertiary/aromatic N) is 2. The Morgan fingerprint density at radius 2 is 1.22 bits per heavy atom. The Balaban J connectivity index is 0.00000432. The summed E-state index contributed by atoms with van der Waals surface area (Å²) in [5, 5.41) is 10.6. The Bertz CT molecular complexity index is 2220. The number of hydrogen-bond donors (Lipinski definition) is 0. The van der Waals surface area contributed by atoms with Crippen molar-refractivity contribution in [1.29, 1.82) is 0 Å². The van der Waals surface area contributed by atoms with Gasteiger partial charge in [0.1, 0.15) is 11.8 Å². The summed E-state index contributed by atoms with van der Waals surface area (Å²) in [5.74, 6) is 4.62. The largest absolute Gasteiger partial charge is 0.550 e. The van der Waals surface area contributed by atoms with E-state index < -0.39 is 5.97 Å². The standard InChI is InChI=1S/C56H76N2O8.2BrH/c1-57-31-29-42-37-49(62-4)51-39-45(42)46(57)34-40-23-26-44(27-24-40)65-50-36-41(25-28-48(50)61-3)35-47-54-43(38-52(63-5)55(64-6)56(54)66-51)30-33-58(47,2)32-21-19-17-15-13-11-9-7-8-10-12-14-16-18-20-22-53(59)60;;/h23-28,36-39,46-47H,7-22,29-35H2,1-6H3;2*1H. The van der Waals surface area contributed by atoms with E-state index >= 15 is 0 Å². The molecule has 0 spiro atoms. The van der Waals surface area contributed by atoms with E-state index in [4.69, 9.17) is 28.4 Å². The van der Waals surface area contributed by atoms with Gasteiger partial charge in [0.2, 0.25) is 5.75 Å². The number of fused-ring (bicyclic) bond motifs is 2. The molecule has 0 fully saturated rings. The molecule has 12 heteroatoms. The van der Waals surface area contributed by atoms with Crippen molar-refractivity contribution in [3.05, 3.63) is 94.0 Å². The first-order valence-corrected chi connectivity index (χ1v) is 25.0. The van der Waals surface area contributed by atoms with Gasteiger partial charge in [-0.3, -0.25) is 4.90 Å². The molecule has 3 unspecified atom stereocenters. The van der Waals surface area contributed by atoms with Crippen molar-refractivity contribution < 1.29 is 42.8 Å². The van der Waals surface area contributed by atoms with Crippen LogP contribution < -0.4 is 33.5 Å². The lowest BCUT2D eigenvalue weighted by Gasteiger charge is -2.46. The summed E-state index contributed by atoms with van der Waals surface area (Å²) < 4.78 is 39.2. The highest BCUT2D eigenvalue weighted by molar-refractivity contribution is 8.93. The molecule has 4 aliphatic rings. The number of methoxy groups -OCH3 is 4. The van der Waals surface area contributed by atoms with Crippen LogP contribution in [0.2, 0.25) is 0 Å². The van der Waals surface area contributed by atoms with Crippen LogP contribution >= 0.6 is 34.0 Å². The van der Waals surface area contributed by atoms with Gasteiger partial charge in [0.15, 0.2) is 34.5 Å². The van der Waals surface area contributed by atoms with Gasteiger partial charge >= 0.3 is 0 Å². The second-order valence-corrected chi connectivity index (χ2v) is 19.3. The molecule has 0 aromatic heterocycles. The molecule has 0 saturated carbocycles. The van der Waals surface area contributed by atoms with Crippen molar-refractivity contribution >= 4 is 39.9 Å². The van der Waals surface area contributed by atoms with E-state index in [0.29, 0.717) is 40.2 Å². The summed E-state index contributed by atoms with van der Waals surface area (Å²) in [7, 11) is 11.5. The van der Waals surface area contributed by atoms with Gasteiger partial charge in [-0.2, -0.15) is 0 Å². The van der Waals surface area contributed by atoms with Crippen molar-refractivity contribution in [2.75, 3.05) is 62.2 Å². The van der Waals surface area contributed by atoms with Crippen molar-refractivity contribution in [2.45, 2.75) is 141 Å². The van der Waals surface area contributed by atoms with Gasteiger partial charge in [-0.25, -0.2) is 0 Å². The number of carboxylic acids is 1. The van der Waals surface area contributed by atoms with Crippen LogP contribution in [-0.4, -0.2) is 77.5 Å². The maximum absolute atomic E-state index is 10.6. The molecular formula is C56H78Br2N2O8. The number of quaternary nitrogens is 1. The number of unbranched alkanes of at least 4 members (excludes halogenated alkanes) is 14. The van der Waals surface area contributed by atoms with E-state index in [9.17, 15) is 9.90 Å². The SMILES string of the molecule is Br.Br.COc1ccc2cc1Oc1ccc(cc1)CC1c3cc(c(OC)cc3CCN1C)Oc1c(OC)c(OC)cc3c1C(C2)[N+](C)(CCCCCCCCCCCCCCCCCC(=O)[O-])CC3. The second kappa shape index (κ2) is 26.9. The number of hydrogen-bond acceptors (Lipinski definition) is 9. The molecule has 0 N–H and O–H groups in total. The van der Waals surface area contributed by atoms with E-state index in [1.54, 1.807) is 28.4 Å². The highest BCUT2D eigenvalue weighted by Crippen LogP contribution is 2.53. The summed E-state index contributed by atoms with van der Waals surface area (Å²) in [4.78, 5) is 13.0. The second-order valence-electron chi connectivity index (χ2n) is 19.3. The fourth-order valence-corrected chi connectivity index (χ4v) is 10.8. The Labute approximate surface area is 428 Å². The van der Waals surface area contributed by atoms with Crippen molar-refractivity contribution in [3.63, 3.8) is 0 Å². The Hall–Kier alpha value is -3.97. The zero-order valence-corrected chi connectivity index (χ0v) is 45.1. The average molecular weight is 1070 g/mol. The molecule has 4 aromatic rings. The van der Waals surface area contributed by atoms with Crippen LogP contribution in [0.3, 0.4) is 0 Å². The van der Waals surface area contributed by atoms with E-state index in [1.807, 2.05) is 6.07 Å². The topological polar surface area (TPSA) is 98.8 Å². The molecule has 0 aliphatic carbocycles. The number of carbonyl (C=O) groups is 1. The molecule has 0 amide bonds. The predicted octanol–water partition coefficient (Wildman–Crippen LogP) is 12.8. The summed E-state index contributed by atoms with van der Waals surface area (Å²) >= 11 is 0. The fourth-order valence-electron chi connectivity index (χ4n) is 10.8. The molecule has 8 rings (SSSR count). The number of benzene rings is 4. The Morgan fingerprint density at radius 3 is 1.82 bits per heavy atom. The average Bonchev–Trinajstić information content (AvgIpc) is 3.31. The van der Waals surface area contributed by atoms with E-state index in [-0.39, 0.29) is 52.5 Å². The minimum absolute atomic E-state index is 0. The number of likely N-dealkylation sites (N-methyl/N-ethyl adjacent to an activating group) is 2. The highest BCUT2D eigenvalue weighted by atomic mass is 79.9. The molecule has 3 atom stereocenters. The third-order valence-corrected chi connectivity index (χ3v) is 14.8. The molecule has 4 aliphatic heterocycles. The summed E-state index contributed by atoms with van der Waals surface area (Å²) in [6, 6.07) is 21.7. The smallest absolute Gasteiger partial charge is 0.204 e. The van der Waals surface area contributed by atoms with Crippen LogP contribution in [0.1, 0.15) is 148 Å². The van der Waals surface area contributed by atoms with Crippen molar-refractivity contribution in [3.8, 4) is 46.0 Å². The lowest BCUT2D eigenvalue weighted by molar-refractivity contribution is -0.941. The lowest BCUT2D eigenvalue weighted by Crippen LogP contribution is -2.52. The third-order valence-electron chi connectivity index (χ3n) is 14.8. The quantitative estimate of drug-likeness (QED) is 0.0563. The number of ether oxygens (including phenoxy) is 6. The number of halogens is 2. The van der Waals surface area contributed by atoms with Crippen molar-refractivity contribution in [2.24, 2.45) is 0 Å². The minimum Gasteiger partial charge on any atom is -0.550 e. The molecule has 68 heavy (non-hydrogen) atoms. The zero-order chi connectivity index (χ0) is 46.5. The van der Waals surface area contributed by atoms with Crippen LogP contribution in [0, 0.1) is 0 Å². The van der Waals surface area contributed by atoms with Gasteiger partial charge in [0, 0.05) is 31.4 Å². The number of rotatable bonds is 22. The Kier molecular flexibility index (Phi) is 21.7. The third kappa shape index (κ3) is 13.9. The van der Waals surface area contributed by atoms with Crippen LogP contribution in [0.25, 0.3) is 0 Å². The number of aliphatic carboxylic acids is 1. The van der Waals surface area contributed by atoms with Gasteiger partial charge in [0.25, 0.3) is 0 Å². The summed E-state index contributed by atoms with van der Waals surface area (Å²) in [5.41, 5.74) is 7.32. The number of carbonyl (C=O) groups excluding carboxylic acids is 1. The first-order valence-electron chi connectivity index (χ1n) is 25.0. The summed E-state index contributed by atoms with van der Waals surface area (Å²) in [6.07, 6.45) is 21.7. The Morgan fingerprint density at radius 1 is 0.647 bits per heavy atom. The molecule has 4 heterocycles. The van der Waals surface area contributed by atoms with Crippen LogP contribution in [0.15, 0.2) is 60.7 Å². The monoisotopic (exact) mass is 1060 g/mol. The molecular weight excluding hydrogens is 988 g/mol. The highest BCUT2D eigenvalue weighted by Gasteiger charge is 2.43. The van der Waals surface area contributed by atoms with Gasteiger partial charge in [-0.05, 0) is 116 Å². The molecule has 4 aromatic carbocycles. The van der Waals surface area contributed by atoms with Gasteiger partial charge in [-0.15, -0.1) is 34.0 Å². The maximum atomic E-state index is 10.6. The number of carboxylic acid groups (broad SMARTS) is 1. The lowest BCUT2D eigenvalue weighted by atomic mass is 9.85. The van der Waals surface area contributed by atoms with Gasteiger partial charge in [-0.1, -0.05) is 95.2 Å². The van der Waals surface area contributed by atoms with E-state index in [0.717, 1.165) is 92.4 Å². The molecule has 0 radical (unpaired) electrons. The van der Waals surface area contributed by atoms with E-state index in [1.165, 1.54) is 92.9 Å². The first-order chi connectivity index (χ1) is 32.1. The minimum atomic E-state index is -0.925. The maximum Gasteiger partial charge on any atom is 0.204 e. The molecule has 0 saturated heterocycles. The van der Waals surface area contributed by atoms with Crippen LogP contribution in [0.4, 0.5) is 0 Å². The fraction of sp³-hybridized carbons (Fsp3) is 0.554. The summed E-state index contributed by atoms with van der Waals surface area (Å²) in [6.45, 7) is 3.00. The molecule has 374 valence electrons. The normalized spacial score (nSPS) is 18.3.